The van der Waals surface area contributed by atoms with Crippen molar-refractivity contribution in [2.75, 3.05) is 0 Å². The van der Waals surface area contributed by atoms with Gasteiger partial charge in [0.05, 0.1) is 6.54 Å². The van der Waals surface area contributed by atoms with Crippen molar-refractivity contribution < 1.29 is 9.53 Å². The smallest absolute Gasteiger partial charge is 0.422 e. The Bertz CT molecular complexity index is 503. The average Bonchev–Trinajstić information content (AvgIpc) is 2.37. The molecule has 0 unspecified atom stereocenters. The number of allylic oxidation sites excluding steroid dienone is 1. The molecule has 0 aliphatic rings. The summed E-state index contributed by atoms with van der Waals surface area (Å²) >= 11 is 0. The average molecular weight is 271 g/mol. The standard InChI is InChI=1S/C17H21NO2/c1-5-6-10-13-18(16(19)20-17(2,3)4)14-15-11-8-7-9-12-15/h5,7-9,11-12H,1,6,14H2,2-4H3. The molecule has 3 nitrogen and oxygen atoms in total. The summed E-state index contributed by atoms with van der Waals surface area (Å²) in [5.74, 6) is 2.88. The van der Waals surface area contributed by atoms with Gasteiger partial charge in [-0.1, -0.05) is 42.3 Å². The first kappa shape index (κ1) is 15.8. The van der Waals surface area contributed by atoms with Crippen LogP contribution in [0, 0.1) is 12.0 Å². The molecule has 0 saturated carbocycles. The summed E-state index contributed by atoms with van der Waals surface area (Å²) in [6, 6.07) is 12.5. The van der Waals surface area contributed by atoms with Crippen LogP contribution in [0.15, 0.2) is 43.0 Å². The van der Waals surface area contributed by atoms with E-state index in [1.165, 1.54) is 4.90 Å². The molecule has 3 heteroatoms. The van der Waals surface area contributed by atoms with Crippen molar-refractivity contribution >= 4 is 6.09 Å². The number of carbonyl (C=O) groups is 1. The summed E-state index contributed by atoms with van der Waals surface area (Å²) in [6.45, 7) is 9.52. The first-order valence-electron chi connectivity index (χ1n) is 6.56. The van der Waals surface area contributed by atoms with E-state index in [-0.39, 0.29) is 0 Å². The number of rotatable bonds is 3. The Morgan fingerprint density at radius 2 is 2.00 bits per heavy atom. The lowest BCUT2D eigenvalue weighted by Gasteiger charge is -2.23. The van der Waals surface area contributed by atoms with Crippen LogP contribution in [0.25, 0.3) is 0 Å². The summed E-state index contributed by atoms with van der Waals surface area (Å²) in [5.41, 5.74) is 0.470. The van der Waals surface area contributed by atoms with E-state index in [9.17, 15) is 4.79 Å². The van der Waals surface area contributed by atoms with E-state index in [1.54, 1.807) is 6.08 Å². The topological polar surface area (TPSA) is 29.5 Å². The number of amides is 1. The van der Waals surface area contributed by atoms with Crippen LogP contribution in [0.3, 0.4) is 0 Å². The zero-order valence-electron chi connectivity index (χ0n) is 12.3. The first-order valence-corrected chi connectivity index (χ1v) is 6.56. The normalized spacial score (nSPS) is 10.2. The van der Waals surface area contributed by atoms with Crippen LogP contribution >= 0.6 is 0 Å². The van der Waals surface area contributed by atoms with E-state index < -0.39 is 11.7 Å². The molecule has 0 bridgehead atoms. The van der Waals surface area contributed by atoms with Crippen LogP contribution in [-0.4, -0.2) is 16.6 Å². The number of ether oxygens (including phenoxy) is 1. The highest BCUT2D eigenvalue weighted by atomic mass is 16.6. The molecule has 0 fully saturated rings. The fraction of sp³-hybridized carbons (Fsp3) is 0.353. The Hall–Kier alpha value is -2.21. The fourth-order valence-corrected chi connectivity index (χ4v) is 1.45. The molecule has 1 aromatic rings. The minimum Gasteiger partial charge on any atom is -0.443 e. The Kier molecular flexibility index (Phi) is 5.86. The van der Waals surface area contributed by atoms with Crippen LogP contribution < -0.4 is 0 Å². The summed E-state index contributed by atoms with van der Waals surface area (Å²) in [6.07, 6.45) is 1.80. The summed E-state index contributed by atoms with van der Waals surface area (Å²) in [5, 5.41) is 0. The third-order valence-electron chi connectivity index (χ3n) is 2.26. The molecule has 0 radical (unpaired) electrons. The monoisotopic (exact) mass is 271 g/mol. The predicted molar refractivity (Wildman–Crippen MR) is 80.8 cm³/mol. The highest BCUT2D eigenvalue weighted by molar-refractivity contribution is 5.70. The SMILES string of the molecule is C=CCC#CN(Cc1ccccc1)C(=O)OC(C)(C)C. The van der Waals surface area contributed by atoms with Gasteiger partial charge in [-0.3, -0.25) is 0 Å². The van der Waals surface area contributed by atoms with Gasteiger partial charge in [-0.05, 0) is 26.3 Å². The third-order valence-corrected chi connectivity index (χ3v) is 2.26. The van der Waals surface area contributed by atoms with Crippen molar-refractivity contribution in [2.24, 2.45) is 0 Å². The molecule has 0 saturated heterocycles. The van der Waals surface area contributed by atoms with Gasteiger partial charge in [-0.2, -0.15) is 0 Å². The largest absolute Gasteiger partial charge is 0.443 e. The molecule has 0 aliphatic carbocycles. The molecular formula is C17H21NO2. The van der Waals surface area contributed by atoms with Crippen molar-refractivity contribution in [1.82, 2.24) is 4.90 Å². The minimum atomic E-state index is -0.536. The van der Waals surface area contributed by atoms with Crippen LogP contribution in [0.4, 0.5) is 4.79 Å². The maximum absolute atomic E-state index is 12.1. The van der Waals surface area contributed by atoms with E-state index in [2.05, 4.69) is 18.5 Å². The number of benzene rings is 1. The Morgan fingerprint density at radius 3 is 2.55 bits per heavy atom. The van der Waals surface area contributed by atoms with Gasteiger partial charge in [0.15, 0.2) is 0 Å². The van der Waals surface area contributed by atoms with Crippen molar-refractivity contribution in [3.63, 3.8) is 0 Å². The molecule has 0 aliphatic heterocycles. The van der Waals surface area contributed by atoms with Gasteiger partial charge >= 0.3 is 6.09 Å². The van der Waals surface area contributed by atoms with Gasteiger partial charge in [-0.25, -0.2) is 9.69 Å². The molecule has 20 heavy (non-hydrogen) atoms. The molecule has 1 aromatic carbocycles. The van der Waals surface area contributed by atoms with Crippen molar-refractivity contribution in [2.45, 2.75) is 39.3 Å². The molecule has 1 amide bonds. The number of hydrogen-bond donors (Lipinski definition) is 0. The second-order valence-electron chi connectivity index (χ2n) is 5.33. The van der Waals surface area contributed by atoms with Gasteiger partial charge in [-0.15, -0.1) is 6.58 Å². The van der Waals surface area contributed by atoms with Gasteiger partial charge < -0.3 is 4.74 Å². The number of hydrogen-bond acceptors (Lipinski definition) is 2. The molecule has 0 heterocycles. The Morgan fingerprint density at radius 1 is 1.35 bits per heavy atom. The van der Waals surface area contributed by atoms with E-state index in [4.69, 9.17) is 4.74 Å². The van der Waals surface area contributed by atoms with Crippen molar-refractivity contribution in [3.05, 3.63) is 48.6 Å². The highest BCUT2D eigenvalue weighted by Crippen LogP contribution is 2.12. The third kappa shape index (κ3) is 6.10. The zero-order chi connectivity index (χ0) is 15.0. The Balaban J connectivity index is 2.83. The summed E-state index contributed by atoms with van der Waals surface area (Å²) in [7, 11) is 0. The van der Waals surface area contributed by atoms with E-state index in [0.717, 1.165) is 5.56 Å². The summed E-state index contributed by atoms with van der Waals surface area (Å²) < 4.78 is 5.36. The second kappa shape index (κ2) is 7.40. The first-order chi connectivity index (χ1) is 9.42. The molecule has 1 rings (SSSR count). The molecular weight excluding hydrogens is 250 g/mol. The lowest BCUT2D eigenvalue weighted by Crippen LogP contribution is -2.33. The van der Waals surface area contributed by atoms with Gasteiger partial charge in [0.2, 0.25) is 0 Å². The highest BCUT2D eigenvalue weighted by Gasteiger charge is 2.21. The van der Waals surface area contributed by atoms with Crippen LogP contribution in [0.1, 0.15) is 32.8 Å². The summed E-state index contributed by atoms with van der Waals surface area (Å²) in [4.78, 5) is 13.5. The lowest BCUT2D eigenvalue weighted by molar-refractivity contribution is 0.0341. The zero-order valence-corrected chi connectivity index (χ0v) is 12.3. The quantitative estimate of drug-likeness (QED) is 0.473. The minimum absolute atomic E-state index is 0.403. The number of carbonyl (C=O) groups excluding carboxylic acids is 1. The molecule has 0 spiro atoms. The van der Waals surface area contributed by atoms with E-state index in [1.807, 2.05) is 51.1 Å². The van der Waals surface area contributed by atoms with Crippen LogP contribution in [-0.2, 0) is 11.3 Å². The number of nitrogens with zero attached hydrogens (tertiary/aromatic N) is 1. The molecule has 0 atom stereocenters. The Labute approximate surface area is 121 Å². The maximum Gasteiger partial charge on any atom is 0.422 e. The van der Waals surface area contributed by atoms with Crippen molar-refractivity contribution in [3.8, 4) is 12.0 Å². The predicted octanol–water partition coefficient (Wildman–Crippen LogP) is 3.96. The van der Waals surface area contributed by atoms with E-state index >= 15 is 0 Å². The van der Waals surface area contributed by atoms with Crippen molar-refractivity contribution in [1.29, 1.82) is 0 Å². The van der Waals surface area contributed by atoms with Gasteiger partial charge in [0.25, 0.3) is 0 Å². The van der Waals surface area contributed by atoms with E-state index in [0.29, 0.717) is 13.0 Å². The second-order valence-corrected chi connectivity index (χ2v) is 5.33. The molecule has 106 valence electrons. The fourth-order valence-electron chi connectivity index (χ4n) is 1.45. The van der Waals surface area contributed by atoms with Gasteiger partial charge in [0, 0.05) is 12.5 Å². The van der Waals surface area contributed by atoms with Crippen LogP contribution in [0.5, 0.6) is 0 Å². The maximum atomic E-state index is 12.1. The molecule has 0 N–H and O–H groups in total. The molecule has 0 aromatic heterocycles. The van der Waals surface area contributed by atoms with Crippen LogP contribution in [0.2, 0.25) is 0 Å². The van der Waals surface area contributed by atoms with Gasteiger partial charge in [0.1, 0.15) is 5.60 Å². The lowest BCUT2D eigenvalue weighted by atomic mass is 10.2.